The van der Waals surface area contributed by atoms with Gasteiger partial charge in [-0.2, -0.15) is 0 Å². The van der Waals surface area contributed by atoms with E-state index in [1.807, 2.05) is 11.0 Å². The van der Waals surface area contributed by atoms with Crippen LogP contribution in [0.2, 0.25) is 0 Å². The third-order valence-corrected chi connectivity index (χ3v) is 7.72. The van der Waals surface area contributed by atoms with Gasteiger partial charge in [0.2, 0.25) is 5.91 Å². The number of aromatic nitrogens is 2. The topological polar surface area (TPSA) is 103 Å². The van der Waals surface area contributed by atoms with Crippen molar-refractivity contribution in [2.75, 3.05) is 39.6 Å². The van der Waals surface area contributed by atoms with E-state index in [0.717, 1.165) is 49.8 Å². The van der Waals surface area contributed by atoms with Crippen molar-refractivity contribution in [1.29, 1.82) is 0 Å². The van der Waals surface area contributed by atoms with Crippen LogP contribution >= 0.6 is 11.3 Å². The van der Waals surface area contributed by atoms with E-state index in [-0.39, 0.29) is 11.3 Å². The molecule has 1 aliphatic rings. The maximum Gasteiger partial charge on any atom is 0.222 e. The highest BCUT2D eigenvalue weighted by atomic mass is 32.1. The molecule has 0 saturated carbocycles. The van der Waals surface area contributed by atoms with Gasteiger partial charge in [0.1, 0.15) is 11.6 Å². The standard InChI is InChI=1S/C25H33N5O3S/c1-4-6-23(31)30-10-8-25(9-11-30,21-7-5-12-34-21)16-27-15-22-28-18-14-20(33-3)19(32-2)13-17(18)24(26)29-22/h5,7,12-14,27H,4,6,8-11,15-16H2,1-3H3,(H2,26,28,29). The second kappa shape index (κ2) is 10.6. The van der Waals surface area contributed by atoms with Crippen molar-refractivity contribution >= 4 is 34.0 Å². The number of hydrogen-bond donors (Lipinski definition) is 2. The van der Waals surface area contributed by atoms with Crippen molar-refractivity contribution < 1.29 is 14.3 Å². The second-order valence-electron chi connectivity index (χ2n) is 8.74. The van der Waals surface area contributed by atoms with Crippen molar-refractivity contribution in [2.24, 2.45) is 0 Å². The molecule has 9 heteroatoms. The molecule has 2 aromatic heterocycles. The van der Waals surface area contributed by atoms with Crippen LogP contribution in [0, 0.1) is 0 Å². The first-order valence-electron chi connectivity index (χ1n) is 11.7. The molecular weight excluding hydrogens is 450 g/mol. The van der Waals surface area contributed by atoms with Gasteiger partial charge in [-0.1, -0.05) is 13.0 Å². The van der Waals surface area contributed by atoms with E-state index in [2.05, 4.69) is 34.7 Å². The van der Waals surface area contributed by atoms with Crippen LogP contribution in [0.15, 0.2) is 29.6 Å². The number of methoxy groups -OCH3 is 2. The lowest BCUT2D eigenvalue weighted by Gasteiger charge is -2.41. The van der Waals surface area contributed by atoms with Crippen molar-refractivity contribution in [3.8, 4) is 11.5 Å². The van der Waals surface area contributed by atoms with Crippen LogP contribution in [0.1, 0.15) is 43.3 Å². The monoisotopic (exact) mass is 483 g/mol. The van der Waals surface area contributed by atoms with Crippen molar-refractivity contribution in [3.05, 3.63) is 40.3 Å². The second-order valence-corrected chi connectivity index (χ2v) is 9.69. The Labute approximate surface area is 204 Å². The molecule has 182 valence electrons. The third kappa shape index (κ3) is 4.95. The number of nitrogen functional groups attached to an aromatic ring is 1. The summed E-state index contributed by atoms with van der Waals surface area (Å²) in [5.41, 5.74) is 6.96. The fraction of sp³-hybridized carbons (Fsp3) is 0.480. The number of carbonyl (C=O) groups excluding carboxylic acids is 1. The quantitative estimate of drug-likeness (QED) is 0.478. The Hall–Kier alpha value is -2.91. The van der Waals surface area contributed by atoms with Gasteiger partial charge in [-0.05, 0) is 36.8 Å². The summed E-state index contributed by atoms with van der Waals surface area (Å²) in [7, 11) is 3.19. The summed E-state index contributed by atoms with van der Waals surface area (Å²) >= 11 is 1.79. The molecule has 1 fully saturated rings. The van der Waals surface area contributed by atoms with E-state index in [1.165, 1.54) is 4.88 Å². The summed E-state index contributed by atoms with van der Waals surface area (Å²) in [6, 6.07) is 7.94. The van der Waals surface area contributed by atoms with Crippen LogP contribution < -0.4 is 20.5 Å². The van der Waals surface area contributed by atoms with Crippen LogP contribution in [-0.4, -0.2) is 54.6 Å². The molecule has 1 aliphatic heterocycles. The highest BCUT2D eigenvalue weighted by Gasteiger charge is 2.37. The minimum Gasteiger partial charge on any atom is -0.493 e. The highest BCUT2D eigenvalue weighted by Crippen LogP contribution is 2.38. The Balaban J connectivity index is 1.48. The zero-order chi connectivity index (χ0) is 24.1. The number of likely N-dealkylation sites (tertiary alicyclic amines) is 1. The first-order chi connectivity index (χ1) is 16.5. The summed E-state index contributed by atoms with van der Waals surface area (Å²) in [4.78, 5) is 25.0. The molecule has 8 nitrogen and oxygen atoms in total. The van der Waals surface area contributed by atoms with Crippen LogP contribution in [0.4, 0.5) is 5.82 Å². The molecule has 4 rings (SSSR count). The summed E-state index contributed by atoms with van der Waals surface area (Å²) in [6.45, 7) is 4.92. The van der Waals surface area contributed by atoms with E-state index in [0.29, 0.717) is 36.1 Å². The average molecular weight is 484 g/mol. The van der Waals surface area contributed by atoms with Gasteiger partial charge in [0, 0.05) is 47.8 Å². The van der Waals surface area contributed by atoms with Gasteiger partial charge in [0.15, 0.2) is 11.5 Å². The number of benzene rings is 1. The van der Waals surface area contributed by atoms with Crippen LogP contribution in [0.25, 0.3) is 10.9 Å². The molecule has 3 heterocycles. The predicted molar refractivity (Wildman–Crippen MR) is 135 cm³/mol. The Morgan fingerprint density at radius 1 is 1.21 bits per heavy atom. The fourth-order valence-electron chi connectivity index (χ4n) is 4.67. The number of hydrogen-bond acceptors (Lipinski definition) is 8. The van der Waals surface area contributed by atoms with Gasteiger partial charge < -0.3 is 25.4 Å². The number of nitrogens with zero attached hydrogens (tertiary/aromatic N) is 3. The van der Waals surface area contributed by atoms with E-state index in [9.17, 15) is 4.79 Å². The van der Waals surface area contributed by atoms with Gasteiger partial charge >= 0.3 is 0 Å². The molecule has 0 atom stereocenters. The summed E-state index contributed by atoms with van der Waals surface area (Å²) in [5, 5.41) is 6.44. The SMILES string of the molecule is CCCC(=O)N1CCC(CNCc2nc(N)c3cc(OC)c(OC)cc3n2)(c2cccs2)CC1. The molecule has 1 aromatic carbocycles. The molecule has 0 bridgehead atoms. The molecule has 0 aliphatic carbocycles. The third-order valence-electron chi connectivity index (χ3n) is 6.60. The lowest BCUT2D eigenvalue weighted by atomic mass is 9.76. The number of carbonyl (C=O) groups is 1. The molecule has 3 aromatic rings. The minimum absolute atomic E-state index is 0.00383. The molecular formula is C25H33N5O3S. The van der Waals surface area contributed by atoms with Crippen molar-refractivity contribution in [1.82, 2.24) is 20.2 Å². The molecule has 0 unspecified atom stereocenters. The van der Waals surface area contributed by atoms with Crippen molar-refractivity contribution in [2.45, 2.75) is 44.6 Å². The lowest BCUT2D eigenvalue weighted by Crippen LogP contribution is -2.49. The lowest BCUT2D eigenvalue weighted by molar-refractivity contribution is -0.132. The maximum absolute atomic E-state index is 12.4. The molecule has 3 N–H and O–H groups in total. The number of rotatable bonds is 9. The number of amides is 1. The molecule has 1 amide bonds. The summed E-state index contributed by atoms with van der Waals surface area (Å²) in [5.74, 6) is 2.51. The number of piperidine rings is 1. The van der Waals surface area contributed by atoms with Crippen molar-refractivity contribution in [3.63, 3.8) is 0 Å². The summed E-state index contributed by atoms with van der Waals surface area (Å²) < 4.78 is 10.8. The van der Waals surface area contributed by atoms with Gasteiger partial charge in [-0.15, -0.1) is 11.3 Å². The number of nitrogens with one attached hydrogen (secondary N) is 1. The predicted octanol–water partition coefficient (Wildman–Crippen LogP) is 3.74. The molecule has 34 heavy (non-hydrogen) atoms. The van der Waals surface area contributed by atoms with Gasteiger partial charge in [-0.3, -0.25) is 4.79 Å². The number of anilines is 1. The molecule has 0 radical (unpaired) electrons. The zero-order valence-electron chi connectivity index (χ0n) is 20.1. The minimum atomic E-state index is -0.00383. The number of fused-ring (bicyclic) bond motifs is 1. The average Bonchev–Trinajstić information content (AvgIpc) is 3.40. The zero-order valence-corrected chi connectivity index (χ0v) is 20.9. The fourth-order valence-corrected chi connectivity index (χ4v) is 5.66. The Morgan fingerprint density at radius 3 is 2.59 bits per heavy atom. The van der Waals surface area contributed by atoms with Crippen LogP contribution in [-0.2, 0) is 16.8 Å². The Morgan fingerprint density at radius 2 is 1.94 bits per heavy atom. The van der Waals surface area contributed by atoms with Gasteiger partial charge in [0.25, 0.3) is 0 Å². The van der Waals surface area contributed by atoms with Gasteiger partial charge in [0.05, 0.1) is 26.3 Å². The maximum atomic E-state index is 12.4. The Bertz CT molecular complexity index is 1130. The van der Waals surface area contributed by atoms with Gasteiger partial charge in [-0.25, -0.2) is 9.97 Å². The largest absolute Gasteiger partial charge is 0.493 e. The number of ether oxygens (including phenoxy) is 2. The highest BCUT2D eigenvalue weighted by molar-refractivity contribution is 7.10. The molecule has 0 spiro atoms. The smallest absolute Gasteiger partial charge is 0.222 e. The summed E-state index contributed by atoms with van der Waals surface area (Å²) in [6.07, 6.45) is 3.39. The number of nitrogens with two attached hydrogens (primary N) is 1. The van der Waals surface area contributed by atoms with Crippen LogP contribution in [0.3, 0.4) is 0 Å². The van der Waals surface area contributed by atoms with Crippen LogP contribution in [0.5, 0.6) is 11.5 Å². The van der Waals surface area contributed by atoms with E-state index >= 15 is 0 Å². The number of thiophene rings is 1. The van der Waals surface area contributed by atoms with E-state index < -0.39 is 0 Å². The normalized spacial score (nSPS) is 15.4. The van der Waals surface area contributed by atoms with E-state index in [1.54, 1.807) is 31.6 Å². The molecule has 1 saturated heterocycles. The Kier molecular flexibility index (Phi) is 7.53. The van der Waals surface area contributed by atoms with E-state index in [4.69, 9.17) is 20.2 Å². The first kappa shape index (κ1) is 24.2. The first-order valence-corrected chi connectivity index (χ1v) is 12.6.